The van der Waals surface area contributed by atoms with Crippen molar-refractivity contribution in [2.45, 2.75) is 44.7 Å². The van der Waals surface area contributed by atoms with Crippen LogP contribution in [-0.2, 0) is 4.74 Å². The van der Waals surface area contributed by atoms with Crippen molar-refractivity contribution in [3.63, 3.8) is 0 Å². The number of aromatic nitrogens is 2. The Bertz CT molecular complexity index is 968. The van der Waals surface area contributed by atoms with Crippen LogP contribution in [0.5, 0.6) is 0 Å². The Morgan fingerprint density at radius 2 is 1.97 bits per heavy atom. The van der Waals surface area contributed by atoms with Crippen molar-refractivity contribution in [1.82, 2.24) is 14.7 Å². The quantitative estimate of drug-likeness (QED) is 0.683. The fraction of sp³-hybridized carbons (Fsp3) is 0.565. The van der Waals surface area contributed by atoms with E-state index in [0.717, 1.165) is 19.4 Å². The molecule has 1 unspecified atom stereocenters. The lowest BCUT2D eigenvalue weighted by molar-refractivity contribution is 0.0595. The van der Waals surface area contributed by atoms with Gasteiger partial charge in [-0.2, -0.15) is 5.10 Å². The molecule has 0 saturated carbocycles. The zero-order chi connectivity index (χ0) is 22.7. The topological polar surface area (TPSA) is 59.4 Å². The lowest BCUT2D eigenvalue weighted by Gasteiger charge is -2.36. The van der Waals surface area contributed by atoms with E-state index < -0.39 is 11.6 Å². The maximum Gasteiger partial charge on any atom is 0.287 e. The molecule has 32 heavy (non-hydrogen) atoms. The first kappa shape index (κ1) is 23.1. The summed E-state index contributed by atoms with van der Waals surface area (Å²) in [5.74, 6) is -0.674. The van der Waals surface area contributed by atoms with E-state index in [1.54, 1.807) is 13.1 Å². The molecule has 2 aromatic rings. The molecule has 1 aromatic carbocycles. The van der Waals surface area contributed by atoms with E-state index in [-0.39, 0.29) is 28.2 Å². The van der Waals surface area contributed by atoms with Crippen LogP contribution in [0.4, 0.5) is 14.5 Å². The molecule has 3 heterocycles. The van der Waals surface area contributed by atoms with Crippen LogP contribution in [0, 0.1) is 17.6 Å². The van der Waals surface area contributed by atoms with Gasteiger partial charge in [0.25, 0.3) is 5.56 Å². The highest BCUT2D eigenvalue weighted by molar-refractivity contribution is 6.32. The number of likely N-dealkylation sites (tertiary alicyclic amines) is 1. The Morgan fingerprint density at radius 1 is 1.25 bits per heavy atom. The average Bonchev–Trinajstić information content (AvgIpc) is 2.81. The molecular formula is C23H29ClF2N4O2. The van der Waals surface area contributed by atoms with Crippen molar-refractivity contribution < 1.29 is 13.5 Å². The standard InChI is InChI=1S/C23H29ClF2N4O2/c1-15(21-18(25)5-2-6-19(21)26)29-9-7-17(8-10-29)30-23(31)22(24)20(13-28-30)27-12-16-4-3-11-32-14-16/h2,5-6,13,15-17,27H,3-4,7-12,14H2,1H3/t15?,16-/m0/s1. The smallest absolute Gasteiger partial charge is 0.287 e. The molecule has 1 aromatic heterocycles. The summed E-state index contributed by atoms with van der Waals surface area (Å²) in [4.78, 5) is 14.9. The highest BCUT2D eigenvalue weighted by atomic mass is 35.5. The molecule has 6 nitrogen and oxygen atoms in total. The molecule has 4 rings (SSSR count). The summed E-state index contributed by atoms with van der Waals surface area (Å²) in [6.45, 7) is 5.22. The van der Waals surface area contributed by atoms with Crippen LogP contribution in [0.2, 0.25) is 5.02 Å². The molecule has 0 spiro atoms. The summed E-state index contributed by atoms with van der Waals surface area (Å²) in [6.07, 6.45) is 5.03. The highest BCUT2D eigenvalue weighted by Gasteiger charge is 2.29. The third-order valence-corrected chi connectivity index (χ3v) is 6.95. The molecule has 0 amide bonds. The lowest BCUT2D eigenvalue weighted by atomic mass is 9.99. The molecule has 0 radical (unpaired) electrons. The molecular weight excluding hydrogens is 438 g/mol. The minimum atomic E-state index is -0.535. The normalized spacial score (nSPS) is 21.4. The molecule has 174 valence electrons. The van der Waals surface area contributed by atoms with Gasteiger partial charge in [0.05, 0.1) is 24.5 Å². The molecule has 9 heteroatoms. The molecule has 0 aliphatic carbocycles. The molecule has 2 aliphatic rings. The van der Waals surface area contributed by atoms with Crippen molar-refractivity contribution >= 4 is 17.3 Å². The van der Waals surface area contributed by atoms with Gasteiger partial charge in [-0.1, -0.05) is 17.7 Å². The predicted molar refractivity (Wildman–Crippen MR) is 120 cm³/mol. The van der Waals surface area contributed by atoms with Crippen LogP contribution in [-0.4, -0.2) is 47.5 Å². The van der Waals surface area contributed by atoms with Gasteiger partial charge in [-0.3, -0.25) is 9.69 Å². The van der Waals surface area contributed by atoms with Crippen LogP contribution >= 0.6 is 11.6 Å². The van der Waals surface area contributed by atoms with Gasteiger partial charge in [0.1, 0.15) is 16.7 Å². The number of halogens is 3. The Morgan fingerprint density at radius 3 is 2.62 bits per heavy atom. The molecule has 2 atom stereocenters. The summed E-state index contributed by atoms with van der Waals surface area (Å²) in [6, 6.07) is 3.44. The van der Waals surface area contributed by atoms with E-state index in [1.807, 2.05) is 4.90 Å². The van der Waals surface area contributed by atoms with Crippen LogP contribution in [0.3, 0.4) is 0 Å². The van der Waals surface area contributed by atoms with Crippen molar-refractivity contribution in [1.29, 1.82) is 0 Å². The van der Waals surface area contributed by atoms with Gasteiger partial charge in [-0.05, 0) is 50.7 Å². The first-order valence-electron chi connectivity index (χ1n) is 11.2. The second kappa shape index (κ2) is 10.3. The molecule has 2 saturated heterocycles. The Hall–Kier alpha value is -2.03. The largest absolute Gasteiger partial charge is 0.382 e. The molecule has 1 N–H and O–H groups in total. The Balaban J connectivity index is 1.39. The fourth-order valence-electron chi connectivity index (χ4n) is 4.66. The van der Waals surface area contributed by atoms with Crippen LogP contribution in [0.25, 0.3) is 0 Å². The van der Waals surface area contributed by atoms with E-state index in [2.05, 4.69) is 10.4 Å². The zero-order valence-corrected chi connectivity index (χ0v) is 19.0. The van der Waals surface area contributed by atoms with E-state index in [1.165, 1.54) is 22.9 Å². The summed E-state index contributed by atoms with van der Waals surface area (Å²) in [5.41, 5.74) is 0.311. The number of hydrogen-bond donors (Lipinski definition) is 1. The molecule has 2 aliphatic heterocycles. The predicted octanol–water partition coefficient (Wildman–Crippen LogP) is 4.41. The van der Waals surface area contributed by atoms with Crippen molar-refractivity contribution in [2.24, 2.45) is 5.92 Å². The number of anilines is 1. The summed E-state index contributed by atoms with van der Waals surface area (Å²) >= 11 is 6.37. The third-order valence-electron chi connectivity index (χ3n) is 6.59. The number of piperidine rings is 1. The van der Waals surface area contributed by atoms with Crippen LogP contribution in [0.1, 0.15) is 50.3 Å². The number of hydrogen-bond acceptors (Lipinski definition) is 5. The van der Waals surface area contributed by atoms with Gasteiger partial charge in [-0.15, -0.1) is 0 Å². The Kier molecular flexibility index (Phi) is 7.43. The number of ether oxygens (including phenoxy) is 1. The summed E-state index contributed by atoms with van der Waals surface area (Å²) in [5, 5.41) is 7.75. The highest BCUT2D eigenvalue weighted by Crippen LogP contribution is 2.31. The first-order valence-corrected chi connectivity index (χ1v) is 11.6. The number of rotatable bonds is 6. The maximum absolute atomic E-state index is 14.2. The van der Waals surface area contributed by atoms with E-state index >= 15 is 0 Å². The minimum Gasteiger partial charge on any atom is -0.382 e. The monoisotopic (exact) mass is 466 g/mol. The van der Waals surface area contributed by atoms with E-state index in [0.29, 0.717) is 50.7 Å². The number of benzene rings is 1. The van der Waals surface area contributed by atoms with Gasteiger partial charge in [-0.25, -0.2) is 13.5 Å². The van der Waals surface area contributed by atoms with Gasteiger partial charge in [0.2, 0.25) is 0 Å². The lowest BCUT2D eigenvalue weighted by Crippen LogP contribution is -2.40. The fourth-order valence-corrected chi connectivity index (χ4v) is 4.86. The van der Waals surface area contributed by atoms with Gasteiger partial charge >= 0.3 is 0 Å². The van der Waals surface area contributed by atoms with Crippen LogP contribution < -0.4 is 10.9 Å². The first-order chi connectivity index (χ1) is 15.5. The average molecular weight is 467 g/mol. The van der Waals surface area contributed by atoms with Gasteiger partial charge in [0.15, 0.2) is 0 Å². The SMILES string of the molecule is CC(c1c(F)cccc1F)N1CCC(n2ncc(NC[C@@H]3CCCOC3)c(Cl)c2=O)CC1. The Labute approximate surface area is 191 Å². The second-order valence-corrected chi connectivity index (χ2v) is 9.04. The van der Waals surface area contributed by atoms with Gasteiger partial charge in [0, 0.05) is 37.8 Å². The van der Waals surface area contributed by atoms with E-state index in [4.69, 9.17) is 16.3 Å². The van der Waals surface area contributed by atoms with E-state index in [9.17, 15) is 13.6 Å². The van der Waals surface area contributed by atoms with Crippen molar-refractivity contribution in [3.05, 3.63) is 57.0 Å². The third kappa shape index (κ3) is 4.97. The summed E-state index contributed by atoms with van der Waals surface area (Å²) in [7, 11) is 0. The number of nitrogens with zero attached hydrogens (tertiary/aromatic N) is 3. The van der Waals surface area contributed by atoms with Crippen molar-refractivity contribution in [3.8, 4) is 0 Å². The number of nitrogens with one attached hydrogen (secondary N) is 1. The molecule has 0 bridgehead atoms. The second-order valence-electron chi connectivity index (χ2n) is 8.66. The molecule has 2 fully saturated rings. The van der Waals surface area contributed by atoms with Crippen molar-refractivity contribution in [2.75, 3.05) is 38.2 Å². The maximum atomic E-state index is 14.2. The minimum absolute atomic E-state index is 0.0862. The summed E-state index contributed by atoms with van der Waals surface area (Å²) < 4.78 is 35.3. The van der Waals surface area contributed by atoms with Gasteiger partial charge < -0.3 is 10.1 Å². The zero-order valence-electron chi connectivity index (χ0n) is 18.2. The van der Waals surface area contributed by atoms with Crippen LogP contribution in [0.15, 0.2) is 29.2 Å².